The van der Waals surface area contributed by atoms with Crippen LogP contribution in [0, 0.1) is 6.92 Å². The van der Waals surface area contributed by atoms with E-state index in [0.717, 1.165) is 30.4 Å². The predicted octanol–water partition coefficient (Wildman–Crippen LogP) is 4.94. The zero-order valence-corrected chi connectivity index (χ0v) is 16.2. The monoisotopic (exact) mass is 355 g/mol. The van der Waals surface area contributed by atoms with Gasteiger partial charge in [-0.05, 0) is 68.2 Å². The van der Waals surface area contributed by atoms with Crippen molar-refractivity contribution in [2.45, 2.75) is 26.3 Å². The Bertz CT molecular complexity index is 1080. The number of pyridine rings is 2. The molecule has 0 atom stereocenters. The molecule has 0 saturated carbocycles. The molecule has 4 rings (SSSR count). The molecule has 4 aromatic rings. The summed E-state index contributed by atoms with van der Waals surface area (Å²) in [4.78, 5) is 11.4. The molecule has 136 valence electrons. The molecule has 0 unspecified atom stereocenters. The molecule has 0 aliphatic rings. The molecule has 0 amide bonds. The lowest BCUT2D eigenvalue weighted by atomic mass is 10.0. The summed E-state index contributed by atoms with van der Waals surface area (Å²) in [6.07, 6.45) is 5.89. The molecular weight excluding hydrogens is 330 g/mol. The highest BCUT2D eigenvalue weighted by atomic mass is 15.0. The normalized spacial score (nSPS) is 11.6. The van der Waals surface area contributed by atoms with Crippen LogP contribution in [-0.4, -0.2) is 29.0 Å². The summed E-state index contributed by atoms with van der Waals surface area (Å²) >= 11 is 0. The van der Waals surface area contributed by atoms with E-state index in [4.69, 9.17) is 0 Å². The van der Waals surface area contributed by atoms with Gasteiger partial charge in [-0.25, -0.2) is 0 Å². The van der Waals surface area contributed by atoms with Crippen LogP contribution in [0.4, 0.5) is 0 Å². The molecule has 27 heavy (non-hydrogen) atoms. The van der Waals surface area contributed by atoms with E-state index < -0.39 is 0 Å². The Morgan fingerprint density at radius 2 is 1.41 bits per heavy atom. The van der Waals surface area contributed by atoms with E-state index in [1.165, 1.54) is 33.0 Å². The van der Waals surface area contributed by atoms with Crippen LogP contribution in [0.2, 0.25) is 0 Å². The number of rotatable bonds is 5. The minimum atomic E-state index is 0.961. The van der Waals surface area contributed by atoms with Crippen LogP contribution >= 0.6 is 0 Å². The quantitative estimate of drug-likeness (QED) is 0.475. The first kappa shape index (κ1) is 17.6. The van der Waals surface area contributed by atoms with Crippen LogP contribution in [0.1, 0.15) is 22.3 Å². The summed E-state index contributed by atoms with van der Waals surface area (Å²) in [6, 6.07) is 17.7. The van der Waals surface area contributed by atoms with E-state index in [9.17, 15) is 0 Å². The van der Waals surface area contributed by atoms with Crippen molar-refractivity contribution in [3.8, 4) is 0 Å². The fourth-order valence-corrected chi connectivity index (χ4v) is 3.55. The SMILES string of the molecule is Cc1ccc2c(c1)ncc1ncc(CCc3ccc(CN(C)C)cc3)cc12. The third-order valence-corrected chi connectivity index (χ3v) is 4.97. The lowest BCUT2D eigenvalue weighted by molar-refractivity contribution is 0.402. The third kappa shape index (κ3) is 3.99. The Hall–Kier alpha value is -2.78. The summed E-state index contributed by atoms with van der Waals surface area (Å²) in [5.74, 6) is 0. The van der Waals surface area contributed by atoms with Gasteiger partial charge in [0.05, 0.1) is 17.2 Å². The smallest absolute Gasteiger partial charge is 0.0891 e. The maximum atomic E-state index is 4.64. The molecule has 2 aromatic heterocycles. The first-order valence-electron chi connectivity index (χ1n) is 9.45. The Balaban J connectivity index is 1.56. The molecule has 2 heterocycles. The van der Waals surface area contributed by atoms with Crippen molar-refractivity contribution in [1.29, 1.82) is 0 Å². The number of hydrogen-bond donors (Lipinski definition) is 0. The second-order valence-corrected chi connectivity index (χ2v) is 7.61. The molecule has 0 bridgehead atoms. The Labute approximate surface area is 160 Å². The minimum Gasteiger partial charge on any atom is -0.305 e. The lowest BCUT2D eigenvalue weighted by Gasteiger charge is -2.10. The van der Waals surface area contributed by atoms with Gasteiger partial charge in [-0.1, -0.05) is 36.4 Å². The Morgan fingerprint density at radius 1 is 0.704 bits per heavy atom. The zero-order valence-electron chi connectivity index (χ0n) is 16.2. The number of aryl methyl sites for hydroxylation is 3. The van der Waals surface area contributed by atoms with E-state index in [0.29, 0.717) is 0 Å². The summed E-state index contributed by atoms with van der Waals surface area (Å²) in [7, 11) is 4.20. The standard InChI is InChI=1S/C24H25N3/c1-17-4-11-21-22-13-20(14-25-24(22)15-26-23(21)12-17)10-7-18-5-8-19(9-6-18)16-27(2)3/h4-6,8-9,11-15H,7,10,16H2,1-3H3. The second-order valence-electron chi connectivity index (χ2n) is 7.61. The highest BCUT2D eigenvalue weighted by molar-refractivity contribution is 6.04. The van der Waals surface area contributed by atoms with Crippen LogP contribution in [-0.2, 0) is 19.4 Å². The fourth-order valence-electron chi connectivity index (χ4n) is 3.55. The first-order valence-corrected chi connectivity index (χ1v) is 9.45. The number of aromatic nitrogens is 2. The van der Waals surface area contributed by atoms with Gasteiger partial charge in [-0.15, -0.1) is 0 Å². The molecule has 3 heteroatoms. The Kier molecular flexibility index (Phi) is 4.87. The third-order valence-electron chi connectivity index (χ3n) is 4.97. The molecule has 0 N–H and O–H groups in total. The van der Waals surface area contributed by atoms with Crippen molar-refractivity contribution >= 4 is 21.8 Å². The molecule has 3 nitrogen and oxygen atoms in total. The van der Waals surface area contributed by atoms with Gasteiger partial charge in [0.1, 0.15) is 0 Å². The number of benzene rings is 2. The van der Waals surface area contributed by atoms with Crippen molar-refractivity contribution in [2.75, 3.05) is 14.1 Å². The van der Waals surface area contributed by atoms with Crippen molar-refractivity contribution in [2.24, 2.45) is 0 Å². The minimum absolute atomic E-state index is 0.961. The molecule has 0 radical (unpaired) electrons. The van der Waals surface area contributed by atoms with Crippen molar-refractivity contribution in [3.05, 3.63) is 83.2 Å². The van der Waals surface area contributed by atoms with E-state index in [2.05, 4.69) is 84.4 Å². The number of nitrogens with zero attached hydrogens (tertiary/aromatic N) is 3. The number of fused-ring (bicyclic) bond motifs is 3. The maximum absolute atomic E-state index is 4.64. The van der Waals surface area contributed by atoms with Gasteiger partial charge in [-0.3, -0.25) is 9.97 Å². The van der Waals surface area contributed by atoms with Crippen LogP contribution < -0.4 is 0 Å². The summed E-state index contributed by atoms with van der Waals surface area (Å²) < 4.78 is 0. The van der Waals surface area contributed by atoms with Gasteiger partial charge in [0, 0.05) is 23.5 Å². The van der Waals surface area contributed by atoms with Crippen molar-refractivity contribution in [1.82, 2.24) is 14.9 Å². The van der Waals surface area contributed by atoms with Crippen LogP contribution in [0.15, 0.2) is 60.9 Å². The van der Waals surface area contributed by atoms with E-state index >= 15 is 0 Å². The molecule has 2 aromatic carbocycles. The molecule has 0 aliphatic heterocycles. The Morgan fingerprint density at radius 3 is 2.19 bits per heavy atom. The second kappa shape index (κ2) is 7.45. The number of hydrogen-bond acceptors (Lipinski definition) is 3. The van der Waals surface area contributed by atoms with Gasteiger partial charge in [0.25, 0.3) is 0 Å². The van der Waals surface area contributed by atoms with E-state index in [1.807, 2.05) is 12.4 Å². The van der Waals surface area contributed by atoms with Gasteiger partial charge < -0.3 is 4.90 Å². The van der Waals surface area contributed by atoms with Gasteiger partial charge in [0.2, 0.25) is 0 Å². The fraction of sp³-hybridized carbons (Fsp3) is 0.250. The predicted molar refractivity (Wildman–Crippen MR) is 113 cm³/mol. The van der Waals surface area contributed by atoms with Gasteiger partial charge >= 0.3 is 0 Å². The maximum Gasteiger partial charge on any atom is 0.0891 e. The average Bonchev–Trinajstić information content (AvgIpc) is 2.66. The summed E-state index contributed by atoms with van der Waals surface area (Å²) in [5, 5.41) is 2.37. The van der Waals surface area contributed by atoms with Crippen molar-refractivity contribution in [3.63, 3.8) is 0 Å². The van der Waals surface area contributed by atoms with E-state index in [1.54, 1.807) is 0 Å². The molecule has 0 saturated heterocycles. The van der Waals surface area contributed by atoms with Crippen LogP contribution in [0.25, 0.3) is 21.8 Å². The lowest BCUT2D eigenvalue weighted by Crippen LogP contribution is -2.10. The van der Waals surface area contributed by atoms with Gasteiger partial charge in [0.15, 0.2) is 0 Å². The summed E-state index contributed by atoms with van der Waals surface area (Å²) in [6.45, 7) is 3.08. The summed E-state index contributed by atoms with van der Waals surface area (Å²) in [5.41, 5.74) is 7.23. The highest BCUT2D eigenvalue weighted by Crippen LogP contribution is 2.24. The topological polar surface area (TPSA) is 29.0 Å². The molecule has 0 aliphatic carbocycles. The van der Waals surface area contributed by atoms with E-state index in [-0.39, 0.29) is 0 Å². The average molecular weight is 355 g/mol. The van der Waals surface area contributed by atoms with Crippen LogP contribution in [0.5, 0.6) is 0 Å². The molecular formula is C24H25N3. The first-order chi connectivity index (χ1) is 13.1. The van der Waals surface area contributed by atoms with Gasteiger partial charge in [-0.2, -0.15) is 0 Å². The highest BCUT2D eigenvalue weighted by Gasteiger charge is 2.05. The van der Waals surface area contributed by atoms with Crippen LogP contribution in [0.3, 0.4) is 0 Å². The zero-order chi connectivity index (χ0) is 18.8. The molecule has 0 spiro atoms. The molecule has 0 fully saturated rings. The van der Waals surface area contributed by atoms with Crippen molar-refractivity contribution < 1.29 is 0 Å². The largest absolute Gasteiger partial charge is 0.305 e.